The zero-order valence-corrected chi connectivity index (χ0v) is 20.3. The normalized spacial score (nSPS) is 11.1. The molecule has 42 heavy (non-hydrogen) atoms. The van der Waals surface area contributed by atoms with Gasteiger partial charge in [-0.3, -0.25) is 0 Å². The highest BCUT2D eigenvalue weighted by Gasteiger charge is 2.23. The molecule has 0 bridgehead atoms. The lowest BCUT2D eigenvalue weighted by Gasteiger charge is -2.01. The van der Waals surface area contributed by atoms with Gasteiger partial charge in [-0.05, 0) is 18.2 Å². The van der Waals surface area contributed by atoms with Crippen molar-refractivity contribution in [2.24, 2.45) is 0 Å². The van der Waals surface area contributed by atoms with Gasteiger partial charge in [-0.1, -0.05) is 0 Å². The SMILES string of the molecule is N#Cc1cc2nc(-c3nc(-c4nc5cc(C#N)c(F)cc5o4)nc(-c4nc5cc(C#N)c(F)cc5o4)n3)oc2cc1F. The molecule has 0 radical (unpaired) electrons. The Labute approximate surface area is 229 Å². The number of oxazole rings is 3. The van der Waals surface area contributed by atoms with Crippen molar-refractivity contribution in [2.75, 3.05) is 0 Å². The van der Waals surface area contributed by atoms with Crippen LogP contribution in [0.15, 0.2) is 49.6 Å². The van der Waals surface area contributed by atoms with E-state index < -0.39 is 17.5 Å². The minimum absolute atomic E-state index is 0.00671. The van der Waals surface area contributed by atoms with Crippen LogP contribution in [0.4, 0.5) is 13.2 Å². The second-order valence-electron chi connectivity index (χ2n) is 8.60. The average Bonchev–Trinajstić information content (AvgIpc) is 3.71. The zero-order valence-electron chi connectivity index (χ0n) is 20.3. The fourth-order valence-corrected chi connectivity index (χ4v) is 4.05. The van der Waals surface area contributed by atoms with Crippen molar-refractivity contribution in [3.8, 4) is 53.4 Å². The van der Waals surface area contributed by atoms with Gasteiger partial charge in [-0.15, -0.1) is 0 Å². The lowest BCUT2D eigenvalue weighted by atomic mass is 10.2. The average molecular weight is 561 g/mol. The summed E-state index contributed by atoms with van der Waals surface area (Å²) < 4.78 is 59.5. The number of nitriles is 3. The van der Waals surface area contributed by atoms with Gasteiger partial charge < -0.3 is 13.3 Å². The van der Waals surface area contributed by atoms with E-state index in [4.69, 9.17) is 29.0 Å². The van der Waals surface area contributed by atoms with E-state index in [1.165, 1.54) is 18.2 Å². The third-order valence-corrected chi connectivity index (χ3v) is 6.00. The molecule has 4 aromatic heterocycles. The van der Waals surface area contributed by atoms with Crippen molar-refractivity contribution in [2.45, 2.75) is 0 Å². The molecule has 0 aliphatic carbocycles. The van der Waals surface area contributed by atoms with Gasteiger partial charge in [-0.25, -0.2) is 28.1 Å². The predicted molar refractivity (Wildman–Crippen MR) is 133 cm³/mol. The van der Waals surface area contributed by atoms with E-state index in [0.29, 0.717) is 0 Å². The molecule has 198 valence electrons. The van der Waals surface area contributed by atoms with Crippen LogP contribution >= 0.6 is 0 Å². The van der Waals surface area contributed by atoms with Crippen LogP contribution in [0.25, 0.3) is 68.4 Å². The number of benzene rings is 3. The third-order valence-electron chi connectivity index (χ3n) is 6.00. The number of fused-ring (bicyclic) bond motifs is 3. The number of nitrogens with zero attached hydrogens (tertiary/aromatic N) is 9. The van der Waals surface area contributed by atoms with Crippen molar-refractivity contribution in [1.29, 1.82) is 15.8 Å². The molecule has 4 heterocycles. The Hall–Kier alpha value is -6.66. The Kier molecular flexibility index (Phi) is 5.19. The van der Waals surface area contributed by atoms with Crippen LogP contribution in [-0.2, 0) is 0 Å². The summed E-state index contributed by atoms with van der Waals surface area (Å²) in [6, 6.07) is 11.7. The first-order chi connectivity index (χ1) is 20.3. The highest BCUT2D eigenvalue weighted by Crippen LogP contribution is 2.31. The molecule has 15 heteroatoms. The number of hydrogen-bond acceptors (Lipinski definition) is 12. The first kappa shape index (κ1) is 24.4. The highest BCUT2D eigenvalue weighted by molar-refractivity contribution is 5.80. The summed E-state index contributed by atoms with van der Waals surface area (Å²) in [5.41, 5.74) is -0.397. The smallest absolute Gasteiger partial charge is 0.266 e. The molecule has 0 aliphatic rings. The molecule has 0 aliphatic heterocycles. The summed E-state index contributed by atoms with van der Waals surface area (Å²) in [6.45, 7) is 0. The maximum atomic E-state index is 14.2. The van der Waals surface area contributed by atoms with E-state index in [1.54, 1.807) is 18.2 Å². The summed E-state index contributed by atoms with van der Waals surface area (Å²) in [4.78, 5) is 25.6. The monoisotopic (exact) mass is 561 g/mol. The molecule has 7 rings (SSSR count). The number of rotatable bonds is 3. The summed E-state index contributed by atoms with van der Waals surface area (Å²) >= 11 is 0. The van der Waals surface area contributed by atoms with Crippen molar-refractivity contribution in [3.05, 3.63) is 70.5 Å². The first-order valence-electron chi connectivity index (χ1n) is 11.6. The van der Waals surface area contributed by atoms with Crippen molar-refractivity contribution in [1.82, 2.24) is 29.9 Å². The molecule has 0 N–H and O–H groups in total. The van der Waals surface area contributed by atoms with Crippen molar-refractivity contribution < 1.29 is 26.4 Å². The predicted octanol–water partition coefficient (Wildman–Crippen LogP) is 5.33. The maximum Gasteiger partial charge on any atom is 0.266 e. The van der Waals surface area contributed by atoms with Crippen molar-refractivity contribution in [3.63, 3.8) is 0 Å². The first-order valence-corrected chi connectivity index (χ1v) is 11.6. The van der Waals surface area contributed by atoms with Crippen LogP contribution in [0.3, 0.4) is 0 Å². The van der Waals surface area contributed by atoms with Crippen LogP contribution in [0.5, 0.6) is 0 Å². The van der Waals surface area contributed by atoms with E-state index in [-0.39, 0.29) is 85.1 Å². The molecule has 0 spiro atoms. The molecule has 0 saturated carbocycles. The number of hydrogen-bond donors (Lipinski definition) is 0. The molecule has 0 unspecified atom stereocenters. The number of aromatic nitrogens is 6. The van der Waals surface area contributed by atoms with Crippen LogP contribution in [0.1, 0.15) is 16.7 Å². The maximum absolute atomic E-state index is 14.2. The minimum Gasteiger partial charge on any atom is -0.433 e. The third kappa shape index (κ3) is 3.84. The summed E-state index contributed by atoms with van der Waals surface area (Å²) in [5, 5.41) is 27.4. The van der Waals surface area contributed by atoms with E-state index in [2.05, 4.69) is 29.9 Å². The van der Waals surface area contributed by atoms with Gasteiger partial charge in [-0.2, -0.15) is 30.7 Å². The van der Waals surface area contributed by atoms with Crippen LogP contribution < -0.4 is 0 Å². The molecule has 0 amide bonds. The van der Waals surface area contributed by atoms with Gasteiger partial charge in [0.05, 0.1) is 16.7 Å². The number of halogens is 3. The lowest BCUT2D eigenvalue weighted by molar-refractivity contribution is 0.587. The Morgan fingerprint density at radius 2 is 0.738 bits per heavy atom. The molecule has 12 nitrogen and oxygen atoms in total. The Morgan fingerprint density at radius 3 is 1.00 bits per heavy atom. The van der Waals surface area contributed by atoms with Gasteiger partial charge in [0, 0.05) is 18.2 Å². The van der Waals surface area contributed by atoms with Crippen molar-refractivity contribution >= 4 is 33.3 Å². The van der Waals surface area contributed by atoms with Crippen LogP contribution in [0, 0.1) is 51.4 Å². The van der Waals surface area contributed by atoms with E-state index >= 15 is 0 Å². The Bertz CT molecular complexity index is 2130. The fourth-order valence-electron chi connectivity index (χ4n) is 4.05. The van der Waals surface area contributed by atoms with E-state index in [9.17, 15) is 13.2 Å². The summed E-state index contributed by atoms with van der Waals surface area (Å²) in [7, 11) is 0. The molecule has 0 saturated heterocycles. The zero-order chi connectivity index (χ0) is 29.1. The summed E-state index contributed by atoms with van der Waals surface area (Å²) in [6.07, 6.45) is 0. The second kappa shape index (κ2) is 8.94. The molecular weight excluding hydrogens is 555 g/mol. The highest BCUT2D eigenvalue weighted by atomic mass is 19.1. The van der Waals surface area contributed by atoms with Gasteiger partial charge in [0.25, 0.3) is 17.7 Å². The topological polar surface area (TPSA) is 188 Å². The minimum atomic E-state index is -0.824. The quantitative estimate of drug-likeness (QED) is 0.270. The fraction of sp³-hybridized carbons (Fsp3) is 0. The van der Waals surface area contributed by atoms with Gasteiger partial charge in [0.1, 0.15) is 52.2 Å². The largest absolute Gasteiger partial charge is 0.433 e. The molecule has 0 atom stereocenters. The Balaban J connectivity index is 1.45. The van der Waals surface area contributed by atoms with E-state index in [1.807, 2.05) is 0 Å². The van der Waals surface area contributed by atoms with Gasteiger partial charge >= 0.3 is 0 Å². The summed E-state index contributed by atoms with van der Waals surface area (Å²) in [5.74, 6) is -3.78. The standard InChI is InChI=1S/C27H6F3N9O3/c28-13-4-19-16(1-10(13)7-31)34-25(40-19)22-37-23(26-35-17-2-11(8-32)14(29)5-20(17)41-26)39-24(38-22)27-36-18-3-12(9-33)15(30)6-21(18)42-27/h1-6H. The van der Waals surface area contributed by atoms with Gasteiger partial charge in [0.15, 0.2) is 16.7 Å². The van der Waals surface area contributed by atoms with Crippen LogP contribution in [0.2, 0.25) is 0 Å². The lowest BCUT2D eigenvalue weighted by Crippen LogP contribution is -2.00. The molecule has 7 aromatic rings. The second-order valence-corrected chi connectivity index (χ2v) is 8.60. The molecular formula is C27H6F3N9O3. The molecule has 3 aromatic carbocycles. The van der Waals surface area contributed by atoms with E-state index in [0.717, 1.165) is 18.2 Å². The van der Waals surface area contributed by atoms with Crippen LogP contribution in [-0.4, -0.2) is 29.9 Å². The Morgan fingerprint density at radius 1 is 0.452 bits per heavy atom. The van der Waals surface area contributed by atoms with Gasteiger partial charge in [0.2, 0.25) is 17.5 Å². The molecule has 0 fully saturated rings.